The molecule has 0 aliphatic carbocycles. The first kappa shape index (κ1) is 16.3. The van der Waals surface area contributed by atoms with Gasteiger partial charge in [-0.05, 0) is 12.0 Å². The topological polar surface area (TPSA) is 135 Å². The number of benzene rings is 1. The van der Waals surface area contributed by atoms with Gasteiger partial charge in [0.2, 0.25) is 11.0 Å². The maximum Gasteiger partial charge on any atom is 0.293 e. The molecule has 0 radical (unpaired) electrons. The van der Waals surface area contributed by atoms with Crippen LogP contribution in [0.25, 0.3) is 0 Å². The molecule has 1 aromatic heterocycles. The van der Waals surface area contributed by atoms with Crippen LogP contribution in [0.2, 0.25) is 0 Å². The first-order valence-electron chi connectivity index (χ1n) is 6.70. The Morgan fingerprint density at radius 1 is 1.42 bits per heavy atom. The molecule has 12 heteroatoms. The van der Waals surface area contributed by atoms with E-state index in [2.05, 4.69) is 15.5 Å². The van der Waals surface area contributed by atoms with E-state index in [1.807, 2.05) is 0 Å². The number of nitro groups is 1. The van der Waals surface area contributed by atoms with Crippen molar-refractivity contribution in [3.63, 3.8) is 0 Å². The van der Waals surface area contributed by atoms with Gasteiger partial charge < -0.3 is 5.32 Å². The normalized spacial score (nSPS) is 13.6. The summed E-state index contributed by atoms with van der Waals surface area (Å²) >= 11 is 0.722. The van der Waals surface area contributed by atoms with Crippen molar-refractivity contribution in [1.82, 2.24) is 10.2 Å². The van der Waals surface area contributed by atoms with Crippen LogP contribution >= 0.6 is 11.3 Å². The van der Waals surface area contributed by atoms with Crippen LogP contribution in [-0.2, 0) is 21.2 Å². The molecule has 126 valence electrons. The first-order valence-corrected chi connectivity index (χ1v) is 8.96. The number of non-ortho nitro benzene ring substituents is 1. The van der Waals surface area contributed by atoms with Gasteiger partial charge in [-0.3, -0.25) is 19.2 Å². The maximum absolute atomic E-state index is 12.7. The van der Waals surface area contributed by atoms with E-state index in [1.165, 1.54) is 19.1 Å². The summed E-state index contributed by atoms with van der Waals surface area (Å²) in [4.78, 5) is 21.3. The molecule has 1 aliphatic heterocycles. The molecule has 0 spiro atoms. The lowest BCUT2D eigenvalue weighted by molar-refractivity contribution is -0.384. The Balaban J connectivity index is 1.98. The fraction of sp³-hybridized carbons (Fsp3) is 0.250. The third kappa shape index (κ3) is 2.80. The fourth-order valence-electron chi connectivity index (χ4n) is 2.31. The average Bonchev–Trinajstić information content (AvgIpc) is 3.12. The Bertz CT molecular complexity index is 939. The van der Waals surface area contributed by atoms with Crippen LogP contribution in [0.3, 0.4) is 0 Å². The summed E-state index contributed by atoms with van der Waals surface area (Å²) in [7, 11) is -4.01. The van der Waals surface area contributed by atoms with Gasteiger partial charge in [-0.1, -0.05) is 17.4 Å². The third-order valence-corrected chi connectivity index (χ3v) is 6.33. The predicted octanol–water partition coefficient (Wildman–Crippen LogP) is 1.16. The Kier molecular flexibility index (Phi) is 3.93. The van der Waals surface area contributed by atoms with Gasteiger partial charge in [-0.2, -0.15) is 8.42 Å². The molecule has 1 N–H and O–H groups in total. The third-order valence-electron chi connectivity index (χ3n) is 3.33. The number of rotatable bonds is 4. The summed E-state index contributed by atoms with van der Waals surface area (Å²) in [6, 6.07) is 4.12. The van der Waals surface area contributed by atoms with Gasteiger partial charge in [-0.25, -0.2) is 0 Å². The largest absolute Gasteiger partial charge is 0.301 e. The lowest BCUT2D eigenvalue weighted by Gasteiger charge is -2.17. The lowest BCUT2D eigenvalue weighted by Crippen LogP contribution is -2.29. The minimum absolute atomic E-state index is 0.0690. The number of fused-ring (bicyclic) bond motifs is 1. The molecule has 1 aromatic carbocycles. The van der Waals surface area contributed by atoms with Gasteiger partial charge in [0.15, 0.2) is 0 Å². The minimum atomic E-state index is -4.01. The molecule has 2 aromatic rings. The maximum atomic E-state index is 12.7. The Labute approximate surface area is 140 Å². The second kappa shape index (κ2) is 5.79. The number of hydrogen-bond acceptors (Lipinski definition) is 8. The number of nitrogens with zero attached hydrogens (tertiary/aromatic N) is 4. The average molecular weight is 369 g/mol. The van der Waals surface area contributed by atoms with E-state index < -0.39 is 20.9 Å². The number of sulfonamides is 1. The van der Waals surface area contributed by atoms with Gasteiger partial charge in [0.05, 0.1) is 10.6 Å². The molecule has 0 unspecified atom stereocenters. The number of amides is 1. The van der Waals surface area contributed by atoms with Crippen LogP contribution < -0.4 is 9.62 Å². The number of anilines is 2. The molecule has 0 saturated heterocycles. The monoisotopic (exact) mass is 369 g/mol. The zero-order valence-electron chi connectivity index (χ0n) is 12.3. The molecule has 0 saturated carbocycles. The second-order valence-corrected chi connectivity index (χ2v) is 7.97. The number of carbonyl (C=O) groups excluding carboxylic acids is 1. The zero-order valence-corrected chi connectivity index (χ0v) is 13.9. The van der Waals surface area contributed by atoms with E-state index in [9.17, 15) is 23.3 Å². The number of carbonyl (C=O) groups is 1. The van der Waals surface area contributed by atoms with Crippen molar-refractivity contribution in [3.05, 3.63) is 33.9 Å². The van der Waals surface area contributed by atoms with Crippen LogP contribution in [0.1, 0.15) is 12.5 Å². The summed E-state index contributed by atoms with van der Waals surface area (Å²) < 4.78 is 26.2. The summed E-state index contributed by atoms with van der Waals surface area (Å²) in [6.07, 6.45) is 0.448. The Morgan fingerprint density at radius 3 is 2.83 bits per heavy atom. The van der Waals surface area contributed by atoms with Crippen molar-refractivity contribution in [1.29, 1.82) is 0 Å². The molecule has 24 heavy (non-hydrogen) atoms. The van der Waals surface area contributed by atoms with Gasteiger partial charge in [0.1, 0.15) is 0 Å². The van der Waals surface area contributed by atoms with Crippen molar-refractivity contribution in [2.75, 3.05) is 16.2 Å². The molecule has 0 bridgehead atoms. The summed E-state index contributed by atoms with van der Waals surface area (Å²) in [5.41, 5.74) is 0.781. The molecule has 10 nitrogen and oxygen atoms in total. The fourth-order valence-corrected chi connectivity index (χ4v) is 4.86. The van der Waals surface area contributed by atoms with Crippen LogP contribution in [-0.4, -0.2) is 36.0 Å². The summed E-state index contributed by atoms with van der Waals surface area (Å²) in [5, 5.41) is 20.6. The van der Waals surface area contributed by atoms with Gasteiger partial charge in [0, 0.05) is 25.6 Å². The van der Waals surface area contributed by atoms with Crippen LogP contribution in [0.4, 0.5) is 16.5 Å². The Hall–Kier alpha value is -2.60. The number of nitrogens with one attached hydrogen (secondary N) is 1. The molecule has 0 atom stereocenters. The SMILES string of the molecule is CC(=O)Nc1nnc(S(=O)(=O)N2CCc3ccc([N+](=O)[O-])cc32)s1. The van der Waals surface area contributed by atoms with Crippen molar-refractivity contribution < 1.29 is 18.1 Å². The summed E-state index contributed by atoms with van der Waals surface area (Å²) in [6.45, 7) is 1.43. The van der Waals surface area contributed by atoms with Crippen molar-refractivity contribution >= 4 is 43.8 Å². The molecule has 3 rings (SSSR count). The smallest absolute Gasteiger partial charge is 0.293 e. The standard InChI is InChI=1S/C12H11N5O5S2/c1-7(18)13-11-14-15-12(23-11)24(21,22)16-5-4-8-2-3-9(17(19)20)6-10(8)16/h2-3,6H,4-5H2,1H3,(H,13,14,18). The van der Waals surface area contributed by atoms with E-state index >= 15 is 0 Å². The molecule has 0 fully saturated rings. The predicted molar refractivity (Wildman–Crippen MR) is 85.5 cm³/mol. The molecule has 2 heterocycles. The highest BCUT2D eigenvalue weighted by atomic mass is 32.2. The van der Waals surface area contributed by atoms with Crippen LogP contribution in [0.15, 0.2) is 22.5 Å². The van der Waals surface area contributed by atoms with Crippen LogP contribution in [0.5, 0.6) is 0 Å². The highest BCUT2D eigenvalue weighted by Crippen LogP contribution is 2.36. The second-order valence-electron chi connectivity index (χ2n) is 4.95. The number of nitro benzene ring substituents is 1. The summed E-state index contributed by atoms with van der Waals surface area (Å²) in [5.74, 6) is -0.391. The molecular weight excluding hydrogens is 358 g/mol. The quantitative estimate of drug-likeness (QED) is 0.485. The number of aromatic nitrogens is 2. The van der Waals surface area contributed by atoms with Gasteiger partial charge in [0.25, 0.3) is 20.1 Å². The number of hydrogen-bond donors (Lipinski definition) is 1. The highest BCUT2D eigenvalue weighted by Gasteiger charge is 2.34. The van der Waals surface area contributed by atoms with E-state index in [1.54, 1.807) is 6.07 Å². The van der Waals surface area contributed by atoms with E-state index in [0.717, 1.165) is 15.6 Å². The van der Waals surface area contributed by atoms with Crippen LogP contribution in [0, 0.1) is 10.1 Å². The highest BCUT2D eigenvalue weighted by molar-refractivity contribution is 7.94. The zero-order chi connectivity index (χ0) is 17.5. The first-order chi connectivity index (χ1) is 11.3. The molecular formula is C12H11N5O5S2. The Morgan fingerprint density at radius 2 is 2.17 bits per heavy atom. The van der Waals surface area contributed by atoms with Crippen molar-refractivity contribution in [2.24, 2.45) is 0 Å². The molecule has 1 aliphatic rings. The van der Waals surface area contributed by atoms with Crippen molar-refractivity contribution in [3.8, 4) is 0 Å². The van der Waals surface area contributed by atoms with E-state index in [0.29, 0.717) is 12.0 Å². The van der Waals surface area contributed by atoms with Gasteiger partial charge >= 0.3 is 0 Å². The van der Waals surface area contributed by atoms with Crippen molar-refractivity contribution in [2.45, 2.75) is 17.7 Å². The van der Waals surface area contributed by atoms with E-state index in [-0.39, 0.29) is 27.4 Å². The lowest BCUT2D eigenvalue weighted by atomic mass is 10.1. The van der Waals surface area contributed by atoms with Gasteiger partial charge in [-0.15, -0.1) is 10.2 Å². The van der Waals surface area contributed by atoms with E-state index in [4.69, 9.17) is 0 Å². The molecule has 1 amide bonds. The minimum Gasteiger partial charge on any atom is -0.301 e.